The fraction of sp³-hybridized carbons (Fsp3) is 0.357. The molecule has 1 saturated heterocycles. The number of rotatable bonds is 6. The lowest BCUT2D eigenvalue weighted by molar-refractivity contribution is -0.138. The van der Waals surface area contributed by atoms with Crippen LogP contribution < -0.4 is 9.47 Å². The molecule has 2 amide bonds. The van der Waals surface area contributed by atoms with Gasteiger partial charge in [0.1, 0.15) is 17.5 Å². The topological polar surface area (TPSA) is 75.5 Å². The highest BCUT2D eigenvalue weighted by Crippen LogP contribution is 2.28. The molecule has 8 nitrogen and oxygen atoms in total. The Hall–Kier alpha value is -3.78. The lowest BCUT2D eigenvalue weighted by atomic mass is 9.92. The lowest BCUT2D eigenvalue weighted by Crippen LogP contribution is -2.57. The van der Waals surface area contributed by atoms with Crippen LogP contribution in [0.5, 0.6) is 11.5 Å². The molecule has 0 radical (unpaired) electrons. The van der Waals surface area contributed by atoms with Crippen molar-refractivity contribution in [2.75, 3.05) is 40.4 Å². The molecule has 0 saturated carbocycles. The average Bonchev–Trinajstić information content (AvgIpc) is 3.47. The summed E-state index contributed by atoms with van der Waals surface area (Å²) in [6, 6.07) is 16.6. The molecular weight excluding hydrogens is 458 g/mol. The van der Waals surface area contributed by atoms with Gasteiger partial charge in [-0.05, 0) is 41.5 Å². The number of benzene rings is 2. The van der Waals surface area contributed by atoms with Gasteiger partial charge < -0.3 is 23.7 Å². The Labute approximate surface area is 211 Å². The SMILES string of the molecule is COc1ccc(OC)c(CN2CCN(C(=O)C3Cc4ccccc4CN3C(=O)c3ccco3)CC2)c1. The second kappa shape index (κ2) is 10.5. The molecule has 8 heteroatoms. The number of furan rings is 1. The van der Waals surface area contributed by atoms with E-state index < -0.39 is 6.04 Å². The van der Waals surface area contributed by atoms with Crippen LogP contribution in [0.15, 0.2) is 65.3 Å². The normalized spacial score (nSPS) is 18.0. The van der Waals surface area contributed by atoms with Crippen molar-refractivity contribution in [2.45, 2.75) is 25.6 Å². The Morgan fingerprint density at radius 1 is 0.944 bits per heavy atom. The first-order chi connectivity index (χ1) is 17.6. The average molecular weight is 490 g/mol. The first-order valence-corrected chi connectivity index (χ1v) is 12.2. The standard InChI is InChI=1S/C28H31N3O5/c1-34-23-9-10-25(35-2)22(16-23)18-29-11-13-30(14-12-29)27(32)24-17-20-6-3-4-7-21(20)19-31(24)28(33)26-8-5-15-36-26/h3-10,15-16,24H,11-14,17-19H2,1-2H3. The molecule has 188 valence electrons. The largest absolute Gasteiger partial charge is 0.497 e. The smallest absolute Gasteiger partial charge is 0.290 e. The number of nitrogens with zero attached hydrogens (tertiary/aromatic N) is 3. The maximum atomic E-state index is 13.7. The first-order valence-electron chi connectivity index (χ1n) is 12.2. The Kier molecular flexibility index (Phi) is 6.95. The van der Waals surface area contributed by atoms with Crippen LogP contribution >= 0.6 is 0 Å². The highest BCUT2D eigenvalue weighted by atomic mass is 16.5. The summed E-state index contributed by atoms with van der Waals surface area (Å²) in [4.78, 5) is 32.9. The van der Waals surface area contributed by atoms with E-state index in [4.69, 9.17) is 13.9 Å². The number of hydrogen-bond acceptors (Lipinski definition) is 6. The molecule has 0 bridgehead atoms. The van der Waals surface area contributed by atoms with Crippen molar-refractivity contribution in [1.29, 1.82) is 0 Å². The second-order valence-electron chi connectivity index (χ2n) is 9.18. The fourth-order valence-electron chi connectivity index (χ4n) is 5.08. The molecule has 0 aliphatic carbocycles. The van der Waals surface area contributed by atoms with E-state index in [1.54, 1.807) is 31.3 Å². The van der Waals surface area contributed by atoms with Crippen molar-refractivity contribution in [1.82, 2.24) is 14.7 Å². The Morgan fingerprint density at radius 3 is 2.42 bits per heavy atom. The van der Waals surface area contributed by atoms with Gasteiger partial charge in [0.25, 0.3) is 5.91 Å². The summed E-state index contributed by atoms with van der Waals surface area (Å²) in [5.41, 5.74) is 3.23. The minimum absolute atomic E-state index is 0.0111. The van der Waals surface area contributed by atoms with E-state index in [-0.39, 0.29) is 17.6 Å². The summed E-state index contributed by atoms with van der Waals surface area (Å²) >= 11 is 0. The van der Waals surface area contributed by atoms with Crippen LogP contribution in [-0.4, -0.2) is 73.0 Å². The molecule has 2 aliphatic rings. The van der Waals surface area contributed by atoms with E-state index in [1.165, 1.54) is 6.26 Å². The number of carbonyl (C=O) groups is 2. The summed E-state index contributed by atoms with van der Waals surface area (Å²) in [6.45, 7) is 3.78. The van der Waals surface area contributed by atoms with Gasteiger partial charge in [0.2, 0.25) is 5.91 Å². The molecule has 36 heavy (non-hydrogen) atoms. The van der Waals surface area contributed by atoms with Gasteiger partial charge in [0, 0.05) is 51.3 Å². The zero-order chi connectivity index (χ0) is 25.1. The Bertz CT molecular complexity index is 1220. The number of piperazine rings is 1. The predicted octanol–water partition coefficient (Wildman–Crippen LogP) is 3.21. The van der Waals surface area contributed by atoms with E-state index in [9.17, 15) is 9.59 Å². The van der Waals surface area contributed by atoms with Gasteiger partial charge in [-0.3, -0.25) is 14.5 Å². The number of methoxy groups -OCH3 is 2. The molecule has 1 aromatic heterocycles. The molecule has 1 atom stereocenters. The van der Waals surface area contributed by atoms with Gasteiger partial charge in [0.05, 0.1) is 20.5 Å². The van der Waals surface area contributed by atoms with Crippen molar-refractivity contribution in [2.24, 2.45) is 0 Å². The molecule has 0 N–H and O–H groups in total. The number of amides is 2. The van der Waals surface area contributed by atoms with E-state index in [0.717, 1.165) is 41.3 Å². The summed E-state index contributed by atoms with van der Waals surface area (Å²) < 4.78 is 16.3. The van der Waals surface area contributed by atoms with Crippen molar-refractivity contribution in [3.8, 4) is 11.5 Å². The maximum absolute atomic E-state index is 13.7. The Balaban J connectivity index is 1.28. The molecule has 3 heterocycles. The van der Waals surface area contributed by atoms with Crippen LogP contribution in [0.25, 0.3) is 0 Å². The van der Waals surface area contributed by atoms with Gasteiger partial charge in [-0.1, -0.05) is 24.3 Å². The molecule has 1 unspecified atom stereocenters. The summed E-state index contributed by atoms with van der Waals surface area (Å²) in [5.74, 6) is 1.60. The van der Waals surface area contributed by atoms with Gasteiger partial charge in [-0.15, -0.1) is 0 Å². The minimum Gasteiger partial charge on any atom is -0.497 e. The van der Waals surface area contributed by atoms with Gasteiger partial charge >= 0.3 is 0 Å². The van der Waals surface area contributed by atoms with Gasteiger partial charge in [0.15, 0.2) is 5.76 Å². The van der Waals surface area contributed by atoms with Crippen molar-refractivity contribution < 1.29 is 23.5 Å². The number of hydrogen-bond donors (Lipinski definition) is 0. The van der Waals surface area contributed by atoms with Crippen LogP contribution in [0.2, 0.25) is 0 Å². The third-order valence-corrected chi connectivity index (χ3v) is 7.09. The third-order valence-electron chi connectivity index (χ3n) is 7.09. The minimum atomic E-state index is -0.553. The van der Waals surface area contributed by atoms with Crippen LogP contribution in [0, 0.1) is 0 Å². The lowest BCUT2D eigenvalue weighted by Gasteiger charge is -2.41. The van der Waals surface area contributed by atoms with Crippen LogP contribution in [-0.2, 0) is 24.3 Å². The second-order valence-corrected chi connectivity index (χ2v) is 9.18. The highest BCUT2D eigenvalue weighted by molar-refractivity contribution is 5.96. The van der Waals surface area contributed by atoms with E-state index >= 15 is 0 Å². The number of fused-ring (bicyclic) bond motifs is 1. The summed E-state index contributed by atoms with van der Waals surface area (Å²) in [6.07, 6.45) is 1.99. The fourth-order valence-corrected chi connectivity index (χ4v) is 5.08. The zero-order valence-corrected chi connectivity index (χ0v) is 20.7. The van der Waals surface area contributed by atoms with Crippen LogP contribution in [0.3, 0.4) is 0 Å². The summed E-state index contributed by atoms with van der Waals surface area (Å²) in [7, 11) is 3.32. The number of carbonyl (C=O) groups excluding carboxylic acids is 2. The molecule has 2 aromatic carbocycles. The molecule has 2 aliphatic heterocycles. The Morgan fingerprint density at radius 2 is 1.72 bits per heavy atom. The highest BCUT2D eigenvalue weighted by Gasteiger charge is 2.38. The first kappa shape index (κ1) is 23.9. The number of ether oxygens (including phenoxy) is 2. The molecule has 3 aromatic rings. The van der Waals surface area contributed by atoms with E-state index in [0.29, 0.717) is 32.6 Å². The zero-order valence-electron chi connectivity index (χ0n) is 20.7. The maximum Gasteiger partial charge on any atom is 0.290 e. The van der Waals surface area contributed by atoms with E-state index in [1.807, 2.05) is 47.4 Å². The molecule has 5 rings (SSSR count). The monoisotopic (exact) mass is 489 g/mol. The van der Waals surface area contributed by atoms with Crippen molar-refractivity contribution in [3.63, 3.8) is 0 Å². The van der Waals surface area contributed by atoms with Crippen LogP contribution in [0.1, 0.15) is 27.2 Å². The van der Waals surface area contributed by atoms with Gasteiger partial charge in [-0.25, -0.2) is 0 Å². The molecule has 1 fully saturated rings. The summed E-state index contributed by atoms with van der Waals surface area (Å²) in [5, 5.41) is 0. The quantitative estimate of drug-likeness (QED) is 0.529. The third kappa shape index (κ3) is 4.81. The van der Waals surface area contributed by atoms with Crippen molar-refractivity contribution in [3.05, 3.63) is 83.3 Å². The van der Waals surface area contributed by atoms with Crippen LogP contribution in [0.4, 0.5) is 0 Å². The van der Waals surface area contributed by atoms with Crippen molar-refractivity contribution >= 4 is 11.8 Å². The molecule has 0 spiro atoms. The molecular formula is C28H31N3O5. The van der Waals surface area contributed by atoms with E-state index in [2.05, 4.69) is 4.90 Å². The predicted molar refractivity (Wildman–Crippen MR) is 134 cm³/mol. The van der Waals surface area contributed by atoms with Gasteiger partial charge in [-0.2, -0.15) is 0 Å².